The van der Waals surface area contributed by atoms with Crippen molar-refractivity contribution in [2.45, 2.75) is 40.5 Å². The van der Waals surface area contributed by atoms with Crippen LogP contribution in [0.4, 0.5) is 0 Å². The molecule has 216 valence electrons. The first-order chi connectivity index (χ1) is 19.6. The Bertz CT molecular complexity index is 1720. The van der Waals surface area contributed by atoms with Gasteiger partial charge in [0, 0.05) is 49.7 Å². The first-order valence-corrected chi connectivity index (χ1v) is 14.0. The average molecular weight is 556 g/mol. The summed E-state index contributed by atoms with van der Waals surface area (Å²) in [5.41, 5.74) is 9.18. The second-order valence-corrected chi connectivity index (χ2v) is 10.6. The molecule has 41 heavy (non-hydrogen) atoms. The molecule has 4 aromatic rings. The van der Waals surface area contributed by atoms with Crippen molar-refractivity contribution in [1.82, 2.24) is 34.9 Å². The highest BCUT2D eigenvalue weighted by atomic mass is 16.2. The van der Waals surface area contributed by atoms with Gasteiger partial charge < -0.3 is 15.3 Å². The molecule has 0 bridgehead atoms. The normalized spacial score (nSPS) is 14.7. The molecule has 2 aliphatic rings. The fourth-order valence-corrected chi connectivity index (χ4v) is 5.17. The summed E-state index contributed by atoms with van der Waals surface area (Å²) in [7, 11) is 3.63. The van der Waals surface area contributed by atoms with Crippen LogP contribution in [0, 0.1) is 13.8 Å². The summed E-state index contributed by atoms with van der Waals surface area (Å²) in [5, 5.41) is 6.28. The van der Waals surface area contributed by atoms with E-state index in [4.69, 9.17) is 0 Å². The van der Waals surface area contributed by atoms with E-state index in [-0.39, 0.29) is 11.2 Å². The smallest absolute Gasteiger partial charge is 0.335 e. The van der Waals surface area contributed by atoms with Crippen LogP contribution in [0.2, 0.25) is 0 Å². The molecule has 0 amide bonds. The number of hydrogen-bond acceptors (Lipinski definition) is 6. The molecule has 0 aliphatic carbocycles. The minimum atomic E-state index is -0.373. The molecule has 3 aromatic heterocycles. The Labute approximate surface area is 240 Å². The van der Waals surface area contributed by atoms with E-state index in [2.05, 4.69) is 27.3 Å². The van der Waals surface area contributed by atoms with Gasteiger partial charge in [0.15, 0.2) is 0 Å². The number of nitrogens with zero attached hydrogens (tertiary/aromatic N) is 4. The summed E-state index contributed by atoms with van der Waals surface area (Å²) >= 11 is 0. The van der Waals surface area contributed by atoms with Gasteiger partial charge in [0.05, 0.1) is 16.6 Å². The zero-order valence-electron chi connectivity index (χ0n) is 25.0. The Morgan fingerprint density at radius 3 is 2.27 bits per heavy atom. The summed E-state index contributed by atoms with van der Waals surface area (Å²) in [6.07, 6.45) is 10.3. The van der Waals surface area contributed by atoms with E-state index in [1.165, 1.54) is 35.1 Å². The van der Waals surface area contributed by atoms with Crippen molar-refractivity contribution in [2.75, 3.05) is 26.7 Å². The highest BCUT2D eigenvalue weighted by Gasteiger charge is 2.20. The highest BCUT2D eigenvalue weighted by Crippen LogP contribution is 2.26. The van der Waals surface area contributed by atoms with Gasteiger partial charge in [-0.15, -0.1) is 0 Å². The van der Waals surface area contributed by atoms with Gasteiger partial charge in [-0.25, -0.2) is 19.8 Å². The monoisotopic (exact) mass is 555 g/mol. The van der Waals surface area contributed by atoms with Crippen LogP contribution in [0.25, 0.3) is 33.2 Å². The van der Waals surface area contributed by atoms with Gasteiger partial charge in [-0.3, -0.25) is 9.36 Å². The summed E-state index contributed by atoms with van der Waals surface area (Å²) in [4.78, 5) is 34.5. The Morgan fingerprint density at radius 2 is 1.76 bits per heavy atom. The number of rotatable bonds is 3. The molecule has 6 rings (SSSR count). The molecule has 0 spiro atoms. The van der Waals surface area contributed by atoms with Crippen LogP contribution in [-0.2, 0) is 7.05 Å². The lowest BCUT2D eigenvalue weighted by Gasteiger charge is -2.15. The quantitative estimate of drug-likeness (QED) is 0.323. The number of para-hydroxylation sites is 1. The van der Waals surface area contributed by atoms with Crippen molar-refractivity contribution in [3.8, 4) is 5.69 Å². The molecule has 1 aromatic carbocycles. The third-order valence-electron chi connectivity index (χ3n) is 7.16. The minimum absolute atomic E-state index is 0.357. The van der Waals surface area contributed by atoms with E-state index in [0.29, 0.717) is 28.8 Å². The number of aromatic nitrogens is 4. The van der Waals surface area contributed by atoms with E-state index < -0.39 is 0 Å². The molecular formula is C32H41N7O2. The molecule has 0 atom stereocenters. The first kappa shape index (κ1) is 29.8. The number of nitrogens with one attached hydrogen (secondary N) is 3. The molecular weight excluding hydrogens is 514 g/mol. The third-order valence-corrected chi connectivity index (χ3v) is 7.16. The van der Waals surface area contributed by atoms with Crippen LogP contribution in [0.5, 0.6) is 0 Å². The topological polar surface area (TPSA) is 100.0 Å². The van der Waals surface area contributed by atoms with Gasteiger partial charge in [0.2, 0.25) is 0 Å². The third kappa shape index (κ3) is 6.42. The summed E-state index contributed by atoms with van der Waals surface area (Å²) < 4.78 is 2.80. The SMILES string of the molecule is C1CCNC1.C=C(C)/C=C\C.Cc1cccc(C)c1-n1c(=O)c2cnc3[nH]c(C4=CN(C)NC4)cc3c2n(C)c1=O. The molecule has 3 N–H and O–H groups in total. The number of hydrogen-bond donors (Lipinski definition) is 3. The molecule has 9 nitrogen and oxygen atoms in total. The van der Waals surface area contributed by atoms with Gasteiger partial charge in [-0.05, 0) is 70.8 Å². The predicted octanol–water partition coefficient (Wildman–Crippen LogP) is 4.48. The predicted molar refractivity (Wildman–Crippen MR) is 169 cm³/mol. The van der Waals surface area contributed by atoms with E-state index in [1.54, 1.807) is 13.2 Å². The van der Waals surface area contributed by atoms with E-state index in [1.807, 2.05) is 82.4 Å². The molecule has 5 heterocycles. The maximum atomic E-state index is 13.4. The maximum absolute atomic E-state index is 13.4. The van der Waals surface area contributed by atoms with Crippen LogP contribution in [0.1, 0.15) is 43.5 Å². The van der Waals surface area contributed by atoms with Crippen LogP contribution >= 0.6 is 0 Å². The molecule has 0 radical (unpaired) electrons. The maximum Gasteiger partial charge on any atom is 0.335 e. The lowest BCUT2D eigenvalue weighted by atomic mass is 10.1. The number of benzene rings is 1. The Kier molecular flexibility index (Phi) is 9.42. The molecule has 1 saturated heterocycles. The van der Waals surface area contributed by atoms with Crippen LogP contribution in [-0.4, -0.2) is 50.8 Å². The van der Waals surface area contributed by atoms with Crippen molar-refractivity contribution in [1.29, 1.82) is 0 Å². The van der Waals surface area contributed by atoms with Gasteiger partial charge in [0.1, 0.15) is 5.65 Å². The largest absolute Gasteiger partial charge is 0.339 e. The molecule has 0 unspecified atom stereocenters. The van der Waals surface area contributed by atoms with Crippen LogP contribution < -0.4 is 22.0 Å². The number of hydrazine groups is 1. The van der Waals surface area contributed by atoms with Crippen molar-refractivity contribution in [2.24, 2.45) is 7.05 Å². The fourth-order valence-electron chi connectivity index (χ4n) is 5.17. The van der Waals surface area contributed by atoms with Crippen molar-refractivity contribution < 1.29 is 0 Å². The second kappa shape index (κ2) is 13.0. The second-order valence-electron chi connectivity index (χ2n) is 10.6. The van der Waals surface area contributed by atoms with Crippen molar-refractivity contribution in [3.63, 3.8) is 0 Å². The summed E-state index contributed by atoms with van der Waals surface area (Å²) in [6.45, 7) is 14.6. The first-order valence-electron chi connectivity index (χ1n) is 14.0. The molecule has 9 heteroatoms. The van der Waals surface area contributed by atoms with Crippen LogP contribution in [0.3, 0.4) is 0 Å². The zero-order chi connectivity index (χ0) is 29.7. The standard InChI is InChI=1S/C22H22N6O2.C6H10.C4H9N/c1-12-6-5-7-13(2)18(12)28-21(29)16-10-23-20-15(19(16)27(4)22(28)30)8-17(25-20)14-9-24-26(3)11-14;1-4-5-6(2)3;1-2-4-5-3-1/h5-8,10-11,24H,9H2,1-4H3,(H,23,25);4-5H,2H2,1,3H3;5H,1-4H2/b;5-4-;. The Morgan fingerprint density at radius 1 is 1.07 bits per heavy atom. The number of aryl methyl sites for hydroxylation is 3. The average Bonchev–Trinajstić information content (AvgIpc) is 3.71. The fraction of sp³-hybridized carbons (Fsp3) is 0.344. The van der Waals surface area contributed by atoms with Crippen LogP contribution in [0.15, 0.2) is 70.6 Å². The number of fused-ring (bicyclic) bond motifs is 3. The Balaban J connectivity index is 0.000000297. The number of H-pyrrole nitrogens is 1. The van der Waals surface area contributed by atoms with E-state index in [0.717, 1.165) is 33.4 Å². The number of pyridine rings is 1. The van der Waals surface area contributed by atoms with Gasteiger partial charge >= 0.3 is 5.69 Å². The minimum Gasteiger partial charge on any atom is -0.339 e. The summed E-state index contributed by atoms with van der Waals surface area (Å²) in [5.74, 6) is 0. The van der Waals surface area contributed by atoms with E-state index >= 15 is 0 Å². The van der Waals surface area contributed by atoms with E-state index in [9.17, 15) is 9.59 Å². The molecule has 0 saturated carbocycles. The Hall–Kier alpha value is -4.21. The molecule has 1 fully saturated rings. The highest BCUT2D eigenvalue weighted by molar-refractivity contribution is 6.03. The van der Waals surface area contributed by atoms with Gasteiger partial charge in [0.25, 0.3) is 5.56 Å². The zero-order valence-corrected chi connectivity index (χ0v) is 25.0. The lowest BCUT2D eigenvalue weighted by molar-refractivity contribution is 0.374. The number of allylic oxidation sites excluding steroid dienone is 3. The van der Waals surface area contributed by atoms with Crippen molar-refractivity contribution >= 4 is 27.5 Å². The van der Waals surface area contributed by atoms with Crippen molar-refractivity contribution in [3.05, 3.63) is 98.6 Å². The lowest BCUT2D eigenvalue weighted by Crippen LogP contribution is -2.38. The summed E-state index contributed by atoms with van der Waals surface area (Å²) in [6, 6.07) is 7.68. The van der Waals surface area contributed by atoms with Gasteiger partial charge in [-0.1, -0.05) is 42.5 Å². The number of aromatic amines is 1. The van der Waals surface area contributed by atoms with Gasteiger partial charge in [-0.2, -0.15) is 0 Å². The molecule has 2 aliphatic heterocycles.